The summed E-state index contributed by atoms with van der Waals surface area (Å²) in [6.45, 7) is 1.93. The van der Waals surface area contributed by atoms with Crippen molar-refractivity contribution >= 4 is 0 Å². The van der Waals surface area contributed by atoms with Gasteiger partial charge < -0.3 is 10.1 Å². The molecular weight excluding hydrogens is 270 g/mol. The van der Waals surface area contributed by atoms with Crippen molar-refractivity contribution in [2.75, 3.05) is 13.2 Å². The van der Waals surface area contributed by atoms with Crippen LogP contribution in [-0.2, 0) is 4.74 Å². The van der Waals surface area contributed by atoms with Crippen molar-refractivity contribution in [3.8, 4) is 0 Å². The third-order valence-corrected chi connectivity index (χ3v) is 5.22. The topological polar surface area (TPSA) is 21.3 Å². The van der Waals surface area contributed by atoms with E-state index in [4.69, 9.17) is 4.74 Å². The van der Waals surface area contributed by atoms with E-state index in [2.05, 4.69) is 66.0 Å². The van der Waals surface area contributed by atoms with Crippen molar-refractivity contribution in [2.45, 2.75) is 36.8 Å². The molecular formula is C20H23NO. The van der Waals surface area contributed by atoms with Gasteiger partial charge in [0.25, 0.3) is 0 Å². The Kier molecular flexibility index (Phi) is 3.73. The van der Waals surface area contributed by atoms with Crippen molar-refractivity contribution in [3.63, 3.8) is 0 Å². The van der Waals surface area contributed by atoms with Gasteiger partial charge in [-0.3, -0.25) is 0 Å². The predicted molar refractivity (Wildman–Crippen MR) is 88.9 cm³/mol. The third kappa shape index (κ3) is 2.47. The van der Waals surface area contributed by atoms with Crippen molar-refractivity contribution in [2.24, 2.45) is 0 Å². The molecule has 114 valence electrons. The summed E-state index contributed by atoms with van der Waals surface area (Å²) in [6.07, 6.45) is 3.47. The van der Waals surface area contributed by atoms with E-state index < -0.39 is 0 Å². The summed E-state index contributed by atoms with van der Waals surface area (Å²) in [6, 6.07) is 21.9. The molecule has 1 N–H and O–H groups in total. The molecule has 0 aliphatic carbocycles. The highest BCUT2D eigenvalue weighted by atomic mass is 16.5. The van der Waals surface area contributed by atoms with Crippen LogP contribution in [0, 0.1) is 0 Å². The zero-order valence-corrected chi connectivity index (χ0v) is 12.9. The molecule has 0 aromatic heterocycles. The highest BCUT2D eigenvalue weighted by Crippen LogP contribution is 2.48. The van der Waals surface area contributed by atoms with E-state index in [9.17, 15) is 0 Å². The Labute approximate surface area is 132 Å². The molecule has 0 bridgehead atoms. The van der Waals surface area contributed by atoms with E-state index in [1.165, 1.54) is 17.5 Å². The molecule has 1 spiro atoms. The highest BCUT2D eigenvalue weighted by Gasteiger charge is 2.48. The summed E-state index contributed by atoms with van der Waals surface area (Å²) < 4.78 is 6.45. The Morgan fingerprint density at radius 1 is 0.909 bits per heavy atom. The van der Waals surface area contributed by atoms with Gasteiger partial charge in [0.05, 0.1) is 18.2 Å². The molecule has 2 heteroatoms. The monoisotopic (exact) mass is 293 g/mol. The molecule has 2 saturated heterocycles. The summed E-state index contributed by atoms with van der Waals surface area (Å²) >= 11 is 0. The van der Waals surface area contributed by atoms with Gasteiger partial charge in [-0.1, -0.05) is 60.7 Å². The minimum Gasteiger partial charge on any atom is -0.372 e. The molecule has 0 amide bonds. The average Bonchev–Trinajstić information content (AvgIpc) is 3.01. The van der Waals surface area contributed by atoms with Crippen molar-refractivity contribution in [3.05, 3.63) is 71.8 Å². The number of rotatable bonds is 2. The van der Waals surface area contributed by atoms with Crippen LogP contribution in [0.5, 0.6) is 0 Å². The molecule has 2 nitrogen and oxygen atoms in total. The zero-order valence-electron chi connectivity index (χ0n) is 12.9. The lowest BCUT2D eigenvalue weighted by Gasteiger charge is -2.41. The summed E-state index contributed by atoms with van der Waals surface area (Å²) in [7, 11) is 0. The van der Waals surface area contributed by atoms with Crippen LogP contribution in [0.3, 0.4) is 0 Å². The van der Waals surface area contributed by atoms with Crippen LogP contribution >= 0.6 is 0 Å². The molecule has 3 atom stereocenters. The van der Waals surface area contributed by atoms with Gasteiger partial charge in [-0.25, -0.2) is 0 Å². The van der Waals surface area contributed by atoms with Crippen molar-refractivity contribution < 1.29 is 4.74 Å². The van der Waals surface area contributed by atoms with Crippen LogP contribution in [0.1, 0.15) is 42.3 Å². The predicted octanol–water partition coefficient (Wildman–Crippen LogP) is 4.05. The number of nitrogens with one attached hydrogen (secondary N) is 1. The second-order valence-electron chi connectivity index (χ2n) is 6.59. The first-order valence-corrected chi connectivity index (χ1v) is 8.35. The van der Waals surface area contributed by atoms with Crippen molar-refractivity contribution in [1.29, 1.82) is 0 Å². The molecule has 2 fully saturated rings. The summed E-state index contributed by atoms with van der Waals surface area (Å²) in [4.78, 5) is 0. The molecule has 2 heterocycles. The molecule has 22 heavy (non-hydrogen) atoms. The molecule has 0 radical (unpaired) electrons. The van der Waals surface area contributed by atoms with Crippen molar-refractivity contribution in [1.82, 2.24) is 5.32 Å². The lowest BCUT2D eigenvalue weighted by molar-refractivity contribution is -0.0484. The maximum Gasteiger partial charge on any atom is 0.0883 e. The van der Waals surface area contributed by atoms with Crippen LogP contribution in [0.4, 0.5) is 0 Å². The van der Waals surface area contributed by atoms with Crippen LogP contribution in [-0.4, -0.2) is 18.8 Å². The Morgan fingerprint density at radius 3 is 2.32 bits per heavy atom. The minimum absolute atomic E-state index is 0.0416. The van der Waals surface area contributed by atoms with E-state index in [1.54, 1.807) is 0 Å². The number of hydrogen-bond acceptors (Lipinski definition) is 2. The zero-order chi connectivity index (χ0) is 14.8. The smallest absolute Gasteiger partial charge is 0.0883 e. The van der Waals surface area contributed by atoms with Gasteiger partial charge >= 0.3 is 0 Å². The molecule has 2 unspecified atom stereocenters. The molecule has 0 saturated carbocycles. The molecule has 4 rings (SSSR count). The largest absolute Gasteiger partial charge is 0.372 e. The second-order valence-corrected chi connectivity index (χ2v) is 6.59. The molecule has 2 aromatic carbocycles. The maximum atomic E-state index is 6.45. The van der Waals surface area contributed by atoms with E-state index in [1.807, 2.05) is 0 Å². The van der Waals surface area contributed by atoms with E-state index in [0.29, 0.717) is 12.0 Å². The number of piperidine rings is 1. The fraction of sp³-hybridized carbons (Fsp3) is 0.400. The van der Waals surface area contributed by atoms with Gasteiger partial charge in [0, 0.05) is 5.92 Å². The average molecular weight is 293 g/mol. The lowest BCUT2D eigenvalue weighted by atomic mass is 9.77. The summed E-state index contributed by atoms with van der Waals surface area (Å²) in [5.41, 5.74) is 2.73. The molecule has 2 aromatic rings. The van der Waals surface area contributed by atoms with Crippen LogP contribution in [0.15, 0.2) is 60.7 Å². The lowest BCUT2D eigenvalue weighted by Crippen LogP contribution is -2.48. The molecule has 2 aliphatic heterocycles. The normalized spacial score (nSPS) is 31.5. The maximum absolute atomic E-state index is 6.45. The molecule has 2 aliphatic rings. The van der Waals surface area contributed by atoms with Crippen LogP contribution in [0.25, 0.3) is 0 Å². The van der Waals surface area contributed by atoms with E-state index in [-0.39, 0.29) is 5.60 Å². The Hall–Kier alpha value is -1.64. The summed E-state index contributed by atoms with van der Waals surface area (Å²) in [5.74, 6) is 0.521. The quantitative estimate of drug-likeness (QED) is 0.902. The Bertz CT molecular complexity index is 612. The third-order valence-electron chi connectivity index (χ3n) is 5.22. The van der Waals surface area contributed by atoms with Gasteiger partial charge in [-0.05, 0) is 36.9 Å². The number of benzene rings is 2. The first kappa shape index (κ1) is 14.0. The fourth-order valence-electron chi connectivity index (χ4n) is 4.15. The van der Waals surface area contributed by atoms with Gasteiger partial charge in [-0.15, -0.1) is 0 Å². The van der Waals surface area contributed by atoms with Gasteiger partial charge in [0.2, 0.25) is 0 Å². The standard InChI is InChI=1S/C20H23NO/c1-3-8-16(9-4-1)18-14-20(22-15-18)12-7-13-21-19(20)17-10-5-2-6-11-17/h1-6,8-11,18-19,21H,7,12-15H2/t18-,19?,20?/m0/s1. The van der Waals surface area contributed by atoms with E-state index >= 15 is 0 Å². The van der Waals surface area contributed by atoms with Gasteiger partial charge in [0.15, 0.2) is 0 Å². The second kappa shape index (κ2) is 5.86. The van der Waals surface area contributed by atoms with Crippen LogP contribution in [0.2, 0.25) is 0 Å². The number of ether oxygens (including phenoxy) is 1. The Balaban J connectivity index is 1.62. The first-order chi connectivity index (χ1) is 10.9. The fourth-order valence-corrected chi connectivity index (χ4v) is 4.15. The van der Waals surface area contributed by atoms with Crippen LogP contribution < -0.4 is 5.32 Å². The van der Waals surface area contributed by atoms with Gasteiger partial charge in [0.1, 0.15) is 0 Å². The Morgan fingerprint density at radius 2 is 1.59 bits per heavy atom. The number of hydrogen-bond donors (Lipinski definition) is 1. The van der Waals surface area contributed by atoms with Gasteiger partial charge in [-0.2, -0.15) is 0 Å². The highest BCUT2D eigenvalue weighted by molar-refractivity contribution is 5.27. The first-order valence-electron chi connectivity index (χ1n) is 8.35. The summed E-state index contributed by atoms with van der Waals surface area (Å²) in [5, 5.41) is 3.72. The SMILES string of the molecule is c1ccc(C2NCCCC23C[C@H](c2ccccc2)CO3)cc1. The van der Waals surface area contributed by atoms with E-state index in [0.717, 1.165) is 26.0 Å². The minimum atomic E-state index is -0.0416.